The van der Waals surface area contributed by atoms with E-state index in [0.29, 0.717) is 27.2 Å². The Morgan fingerprint density at radius 3 is 2.89 bits per heavy atom. The van der Waals surface area contributed by atoms with Crippen LogP contribution in [-0.4, -0.2) is 21.8 Å². The first-order chi connectivity index (χ1) is 9.06. The van der Waals surface area contributed by atoms with Crippen molar-refractivity contribution in [2.45, 2.75) is 6.42 Å². The van der Waals surface area contributed by atoms with Gasteiger partial charge in [-0.3, -0.25) is 4.79 Å². The first-order valence-electron chi connectivity index (χ1n) is 5.62. The molecule has 5 heteroatoms. The SMILES string of the molecule is O=C1CC(Cl)=Cc2nc3c(C(=O)O)cccc3cc21. The summed E-state index contributed by atoms with van der Waals surface area (Å²) < 4.78 is 0. The molecule has 0 aliphatic heterocycles. The Kier molecular flexibility index (Phi) is 2.61. The molecule has 0 amide bonds. The lowest BCUT2D eigenvalue weighted by Crippen LogP contribution is -2.09. The second-order valence-electron chi connectivity index (χ2n) is 4.29. The van der Waals surface area contributed by atoms with Gasteiger partial charge in [0.15, 0.2) is 5.78 Å². The average molecular weight is 274 g/mol. The Bertz CT molecular complexity index is 765. The quantitative estimate of drug-likeness (QED) is 0.867. The van der Waals surface area contributed by atoms with Gasteiger partial charge in [0.25, 0.3) is 0 Å². The Hall–Kier alpha value is -2.20. The van der Waals surface area contributed by atoms with Crippen molar-refractivity contribution in [1.29, 1.82) is 0 Å². The van der Waals surface area contributed by atoms with E-state index in [1.54, 1.807) is 24.3 Å². The van der Waals surface area contributed by atoms with Crippen LogP contribution in [0.25, 0.3) is 17.0 Å². The molecule has 0 spiro atoms. The number of ketones is 1. The molecule has 4 nitrogen and oxygen atoms in total. The number of rotatable bonds is 1. The van der Waals surface area contributed by atoms with Crippen molar-refractivity contribution in [3.63, 3.8) is 0 Å². The number of Topliss-reactive ketones (excluding diaryl/α,β-unsaturated/α-hetero) is 1. The molecule has 0 unspecified atom stereocenters. The van der Waals surface area contributed by atoms with Gasteiger partial charge in [-0.15, -0.1) is 0 Å². The predicted molar refractivity (Wildman–Crippen MR) is 71.5 cm³/mol. The van der Waals surface area contributed by atoms with Crippen molar-refractivity contribution in [3.05, 3.63) is 46.1 Å². The molecule has 1 aliphatic carbocycles. The minimum Gasteiger partial charge on any atom is -0.478 e. The standard InChI is InChI=1S/C14H8ClNO3/c15-8-5-11-10(12(17)6-8)4-7-2-1-3-9(14(18)19)13(7)16-11/h1-5H,6H2,(H,18,19). The van der Waals surface area contributed by atoms with Crippen molar-refractivity contribution in [3.8, 4) is 0 Å². The summed E-state index contributed by atoms with van der Waals surface area (Å²) in [5, 5.41) is 10.2. The van der Waals surface area contributed by atoms with Gasteiger partial charge in [0.1, 0.15) is 0 Å². The monoisotopic (exact) mass is 273 g/mol. The molecule has 0 bridgehead atoms. The van der Waals surface area contributed by atoms with E-state index < -0.39 is 5.97 Å². The fraction of sp³-hybridized carbons (Fsp3) is 0.0714. The van der Waals surface area contributed by atoms with E-state index in [-0.39, 0.29) is 17.8 Å². The normalized spacial score (nSPS) is 14.2. The Morgan fingerprint density at radius 1 is 1.37 bits per heavy atom. The molecule has 0 atom stereocenters. The summed E-state index contributed by atoms with van der Waals surface area (Å²) in [7, 11) is 0. The summed E-state index contributed by atoms with van der Waals surface area (Å²) in [4.78, 5) is 27.3. The summed E-state index contributed by atoms with van der Waals surface area (Å²) in [5.74, 6) is -1.15. The first-order valence-corrected chi connectivity index (χ1v) is 6.00. The number of para-hydroxylation sites is 1. The third-order valence-electron chi connectivity index (χ3n) is 3.03. The molecule has 19 heavy (non-hydrogen) atoms. The van der Waals surface area contributed by atoms with Crippen LogP contribution in [0, 0.1) is 0 Å². The van der Waals surface area contributed by atoms with E-state index in [0.717, 1.165) is 0 Å². The fourth-order valence-electron chi connectivity index (χ4n) is 2.17. The van der Waals surface area contributed by atoms with Crippen LogP contribution in [0.2, 0.25) is 0 Å². The highest BCUT2D eigenvalue weighted by molar-refractivity contribution is 6.34. The highest BCUT2D eigenvalue weighted by Gasteiger charge is 2.20. The molecule has 94 valence electrons. The molecule has 0 fully saturated rings. The third-order valence-corrected chi connectivity index (χ3v) is 3.27. The lowest BCUT2D eigenvalue weighted by Gasteiger charge is -2.12. The molecule has 3 rings (SSSR count). The van der Waals surface area contributed by atoms with Gasteiger partial charge in [-0.1, -0.05) is 23.7 Å². The van der Waals surface area contributed by atoms with Gasteiger partial charge >= 0.3 is 5.97 Å². The zero-order valence-corrected chi connectivity index (χ0v) is 10.4. The van der Waals surface area contributed by atoms with Crippen molar-refractivity contribution < 1.29 is 14.7 Å². The van der Waals surface area contributed by atoms with Crippen LogP contribution < -0.4 is 0 Å². The third kappa shape index (κ3) is 1.90. The Labute approximate surface area is 113 Å². The van der Waals surface area contributed by atoms with E-state index in [1.165, 1.54) is 6.07 Å². The lowest BCUT2D eigenvalue weighted by atomic mass is 9.97. The number of carbonyl (C=O) groups is 2. The minimum atomic E-state index is -1.05. The highest BCUT2D eigenvalue weighted by Crippen LogP contribution is 2.28. The zero-order valence-electron chi connectivity index (χ0n) is 9.68. The van der Waals surface area contributed by atoms with Gasteiger partial charge in [0.2, 0.25) is 0 Å². The van der Waals surface area contributed by atoms with Crippen molar-refractivity contribution in [2.24, 2.45) is 0 Å². The first kappa shape index (κ1) is 11.9. The van der Waals surface area contributed by atoms with Gasteiger partial charge in [-0.25, -0.2) is 9.78 Å². The maximum atomic E-state index is 11.9. The predicted octanol–water partition coefficient (Wildman–Crippen LogP) is 3.10. The van der Waals surface area contributed by atoms with Gasteiger partial charge in [0, 0.05) is 22.4 Å². The van der Waals surface area contributed by atoms with Crippen molar-refractivity contribution >= 4 is 40.3 Å². The topological polar surface area (TPSA) is 67.3 Å². The van der Waals surface area contributed by atoms with Gasteiger partial charge in [0.05, 0.1) is 16.8 Å². The summed E-state index contributed by atoms with van der Waals surface area (Å²) >= 11 is 5.88. The summed E-state index contributed by atoms with van der Waals surface area (Å²) in [6.07, 6.45) is 1.77. The second-order valence-corrected chi connectivity index (χ2v) is 4.78. The molecule has 1 N–H and O–H groups in total. The Balaban J connectivity index is 2.37. The summed E-state index contributed by atoms with van der Waals surface area (Å²) in [5.41, 5.74) is 1.40. The smallest absolute Gasteiger partial charge is 0.337 e. The van der Waals surface area contributed by atoms with E-state index >= 15 is 0 Å². The van der Waals surface area contributed by atoms with Crippen LogP contribution in [0.1, 0.15) is 32.8 Å². The maximum Gasteiger partial charge on any atom is 0.337 e. The number of hydrogen-bond acceptors (Lipinski definition) is 3. The van der Waals surface area contributed by atoms with Crippen LogP contribution >= 0.6 is 11.6 Å². The molecule has 0 saturated heterocycles. The van der Waals surface area contributed by atoms with E-state index in [2.05, 4.69) is 4.98 Å². The molecule has 2 aromatic rings. The number of carbonyl (C=O) groups excluding carboxylic acids is 1. The number of aromatic nitrogens is 1. The minimum absolute atomic E-state index is 0.0994. The number of allylic oxidation sites excluding steroid dienone is 1. The zero-order chi connectivity index (χ0) is 13.6. The highest BCUT2D eigenvalue weighted by atomic mass is 35.5. The second kappa shape index (κ2) is 4.17. The molecule has 1 aromatic heterocycles. The number of halogens is 1. The molecule has 1 heterocycles. The van der Waals surface area contributed by atoms with Gasteiger partial charge in [-0.05, 0) is 18.2 Å². The summed E-state index contributed by atoms with van der Waals surface area (Å²) in [6.45, 7) is 0. The van der Waals surface area contributed by atoms with E-state index in [4.69, 9.17) is 16.7 Å². The number of aromatic carboxylic acids is 1. The van der Waals surface area contributed by atoms with Crippen LogP contribution in [-0.2, 0) is 0 Å². The largest absolute Gasteiger partial charge is 0.478 e. The van der Waals surface area contributed by atoms with E-state index in [1.807, 2.05) is 0 Å². The lowest BCUT2D eigenvalue weighted by molar-refractivity contribution is 0.0698. The molecular weight excluding hydrogens is 266 g/mol. The maximum absolute atomic E-state index is 11.9. The van der Waals surface area contributed by atoms with Gasteiger partial charge in [-0.2, -0.15) is 0 Å². The van der Waals surface area contributed by atoms with Gasteiger partial charge < -0.3 is 5.11 Å². The number of pyridine rings is 1. The molecule has 1 aliphatic rings. The number of carboxylic acids is 1. The molecule has 1 aromatic carbocycles. The fourth-order valence-corrected chi connectivity index (χ4v) is 2.39. The molecule has 0 radical (unpaired) electrons. The van der Waals surface area contributed by atoms with Crippen LogP contribution in [0.15, 0.2) is 29.3 Å². The van der Waals surface area contributed by atoms with Crippen molar-refractivity contribution in [1.82, 2.24) is 4.98 Å². The number of carboxylic acid groups (broad SMARTS) is 1. The van der Waals surface area contributed by atoms with Crippen LogP contribution in [0.5, 0.6) is 0 Å². The number of hydrogen-bond donors (Lipinski definition) is 1. The van der Waals surface area contributed by atoms with E-state index in [9.17, 15) is 9.59 Å². The number of benzene rings is 1. The average Bonchev–Trinajstić information content (AvgIpc) is 2.35. The molecule has 0 saturated carbocycles. The Morgan fingerprint density at radius 2 is 2.16 bits per heavy atom. The number of fused-ring (bicyclic) bond motifs is 2. The molecular formula is C14H8ClNO3. The van der Waals surface area contributed by atoms with Crippen LogP contribution in [0.4, 0.5) is 0 Å². The summed E-state index contributed by atoms with van der Waals surface area (Å²) in [6, 6.07) is 6.53. The van der Waals surface area contributed by atoms with Crippen molar-refractivity contribution in [2.75, 3.05) is 0 Å². The number of nitrogens with zero attached hydrogens (tertiary/aromatic N) is 1. The van der Waals surface area contributed by atoms with Crippen LogP contribution in [0.3, 0.4) is 0 Å².